The van der Waals surface area contributed by atoms with Crippen molar-refractivity contribution < 1.29 is 18.3 Å². The fourth-order valence-electron chi connectivity index (χ4n) is 4.58. The quantitative estimate of drug-likeness (QED) is 0.103. The van der Waals surface area contributed by atoms with Crippen molar-refractivity contribution in [3.63, 3.8) is 0 Å². The molecule has 2 heterocycles. The number of aromatic nitrogens is 4. The molecule has 0 aliphatic rings. The number of nitrogens with two attached hydrogens (primary N) is 1. The summed E-state index contributed by atoms with van der Waals surface area (Å²) in [5.74, 6) is 0.341. The van der Waals surface area contributed by atoms with Gasteiger partial charge in [0.1, 0.15) is 18.2 Å². The molecule has 2 rings (SSSR count). The molecule has 2 aromatic rings. The second kappa shape index (κ2) is 19.5. The van der Waals surface area contributed by atoms with Gasteiger partial charge >= 0.3 is 7.60 Å². The number of unbranched alkanes of at least 4 members (excludes halogenated alkanes) is 15. The maximum absolute atomic E-state index is 12.9. The van der Waals surface area contributed by atoms with Crippen molar-refractivity contribution in [1.82, 2.24) is 19.5 Å². The summed E-state index contributed by atoms with van der Waals surface area (Å²) in [5.41, 5.74) is 7.04. The number of nitrogens with zero attached hydrogens (tertiary/aromatic N) is 4. The molecule has 10 heteroatoms. The molecule has 0 aliphatic heterocycles. The van der Waals surface area contributed by atoms with E-state index >= 15 is 0 Å². The van der Waals surface area contributed by atoms with Crippen LogP contribution in [0.5, 0.6) is 0 Å². The first-order chi connectivity index (χ1) is 18.5. The summed E-state index contributed by atoms with van der Waals surface area (Å²) in [6.07, 6.45) is 23.8. The Balaban J connectivity index is 1.46. The number of ether oxygens (including phenoxy) is 1. The van der Waals surface area contributed by atoms with Gasteiger partial charge in [0.15, 0.2) is 11.5 Å². The van der Waals surface area contributed by atoms with Crippen LogP contribution in [-0.4, -0.2) is 45.7 Å². The minimum atomic E-state index is -3.28. The fraction of sp³-hybridized carbons (Fsp3) is 0.821. The average Bonchev–Trinajstić information content (AvgIpc) is 3.33. The van der Waals surface area contributed by atoms with Crippen LogP contribution in [0.3, 0.4) is 0 Å². The lowest BCUT2D eigenvalue weighted by atomic mass is 10.0. The molecular weight excluding hydrogens is 501 g/mol. The Hall–Kier alpha value is -1.54. The van der Waals surface area contributed by atoms with E-state index in [1.165, 1.54) is 103 Å². The molecule has 0 aliphatic carbocycles. The van der Waals surface area contributed by atoms with Crippen LogP contribution in [0, 0.1) is 0 Å². The summed E-state index contributed by atoms with van der Waals surface area (Å²) < 4.78 is 31.3. The van der Waals surface area contributed by atoms with Crippen LogP contribution in [0.1, 0.15) is 117 Å². The van der Waals surface area contributed by atoms with Crippen molar-refractivity contribution in [3.05, 3.63) is 12.7 Å². The molecule has 218 valence electrons. The summed E-state index contributed by atoms with van der Waals surface area (Å²) in [5, 5.41) is 0. The number of hydrogen-bond acceptors (Lipinski definition) is 8. The summed E-state index contributed by atoms with van der Waals surface area (Å²) in [4.78, 5) is 12.4. The van der Waals surface area contributed by atoms with Crippen LogP contribution in [0.25, 0.3) is 11.2 Å². The smallest absolute Gasteiger partial charge is 0.355 e. The zero-order valence-electron chi connectivity index (χ0n) is 24.1. The van der Waals surface area contributed by atoms with E-state index in [0.717, 1.165) is 12.8 Å². The van der Waals surface area contributed by atoms with E-state index in [1.807, 2.05) is 11.5 Å². The first kappa shape index (κ1) is 32.7. The highest BCUT2D eigenvalue weighted by atomic mass is 31.2. The minimum Gasteiger partial charge on any atom is -0.382 e. The van der Waals surface area contributed by atoms with Crippen LogP contribution in [0.2, 0.25) is 0 Å². The van der Waals surface area contributed by atoms with E-state index in [4.69, 9.17) is 19.5 Å². The predicted octanol–water partition coefficient (Wildman–Crippen LogP) is 7.89. The summed E-state index contributed by atoms with van der Waals surface area (Å²) in [7, 11) is -1.87. The first-order valence-corrected chi connectivity index (χ1v) is 16.5. The molecule has 0 saturated carbocycles. The second-order valence-corrected chi connectivity index (χ2v) is 12.5. The number of fused-ring (bicyclic) bond motifs is 1. The lowest BCUT2D eigenvalue weighted by Crippen LogP contribution is -2.18. The zero-order chi connectivity index (χ0) is 27.5. The van der Waals surface area contributed by atoms with Crippen LogP contribution in [0.4, 0.5) is 5.82 Å². The van der Waals surface area contributed by atoms with Crippen molar-refractivity contribution in [2.75, 3.05) is 25.8 Å². The standard InChI is InChI=1S/C28H52N5O4P/c1-4-5-6-7-8-9-10-11-12-13-14-15-16-17-18-19-20-37-38(34,35-3)24-36-25(2)21-33-23-32-26-27(29)30-22-31-28(26)33/h22-23,25H,4-21,24H2,1-3H3,(H2,29,30,31)/t25-,38?/m1/s1. The minimum absolute atomic E-state index is 0.0900. The highest BCUT2D eigenvalue weighted by Crippen LogP contribution is 2.47. The number of imidazole rings is 1. The number of hydrogen-bond donors (Lipinski definition) is 1. The highest BCUT2D eigenvalue weighted by Gasteiger charge is 2.24. The summed E-state index contributed by atoms with van der Waals surface area (Å²) in [6.45, 7) is 5.07. The monoisotopic (exact) mass is 553 g/mol. The van der Waals surface area contributed by atoms with Gasteiger partial charge in [0.25, 0.3) is 0 Å². The van der Waals surface area contributed by atoms with Gasteiger partial charge in [-0.2, -0.15) is 0 Å². The van der Waals surface area contributed by atoms with Crippen LogP contribution >= 0.6 is 7.60 Å². The highest BCUT2D eigenvalue weighted by molar-refractivity contribution is 7.53. The van der Waals surface area contributed by atoms with Gasteiger partial charge in [-0.3, -0.25) is 4.57 Å². The molecular formula is C28H52N5O4P. The molecule has 0 fully saturated rings. The lowest BCUT2D eigenvalue weighted by Gasteiger charge is -2.20. The second-order valence-electron chi connectivity index (χ2n) is 10.4. The van der Waals surface area contributed by atoms with E-state index in [2.05, 4.69) is 21.9 Å². The Labute approximate surface area is 230 Å². The SMILES string of the molecule is CCCCCCCCCCCCCCCCCCOP(=O)(CO[C@H](C)Cn1cnc2c(N)ncnc21)OC. The lowest BCUT2D eigenvalue weighted by molar-refractivity contribution is 0.0687. The third-order valence-corrected chi connectivity index (χ3v) is 8.56. The van der Waals surface area contributed by atoms with E-state index in [9.17, 15) is 4.57 Å². The molecule has 0 spiro atoms. The van der Waals surface area contributed by atoms with Gasteiger partial charge in [-0.1, -0.05) is 103 Å². The maximum Gasteiger partial charge on any atom is 0.355 e. The van der Waals surface area contributed by atoms with Crippen molar-refractivity contribution in [1.29, 1.82) is 0 Å². The van der Waals surface area contributed by atoms with E-state index in [1.54, 1.807) is 6.33 Å². The Morgan fingerprint density at radius 3 is 1.97 bits per heavy atom. The molecule has 0 radical (unpaired) electrons. The van der Waals surface area contributed by atoms with Gasteiger partial charge in [0, 0.05) is 7.11 Å². The van der Waals surface area contributed by atoms with Gasteiger partial charge in [0.2, 0.25) is 0 Å². The zero-order valence-corrected chi connectivity index (χ0v) is 25.0. The van der Waals surface area contributed by atoms with Gasteiger partial charge in [-0.15, -0.1) is 0 Å². The van der Waals surface area contributed by atoms with Crippen molar-refractivity contribution >= 4 is 24.6 Å². The normalized spacial score (nSPS) is 14.2. The molecule has 2 aromatic heterocycles. The van der Waals surface area contributed by atoms with Crippen LogP contribution < -0.4 is 5.73 Å². The topological polar surface area (TPSA) is 114 Å². The van der Waals surface area contributed by atoms with Crippen molar-refractivity contribution in [2.24, 2.45) is 0 Å². The summed E-state index contributed by atoms with van der Waals surface area (Å²) >= 11 is 0. The first-order valence-electron chi connectivity index (χ1n) is 14.8. The largest absolute Gasteiger partial charge is 0.382 e. The number of anilines is 1. The molecule has 0 amide bonds. The summed E-state index contributed by atoms with van der Waals surface area (Å²) in [6, 6.07) is 0. The third kappa shape index (κ3) is 13.0. The van der Waals surface area contributed by atoms with Crippen molar-refractivity contribution in [2.45, 2.75) is 129 Å². The van der Waals surface area contributed by atoms with E-state index in [-0.39, 0.29) is 12.5 Å². The van der Waals surface area contributed by atoms with Gasteiger partial charge in [0.05, 0.1) is 25.6 Å². The Bertz CT molecular complexity index is 926. The molecule has 0 aromatic carbocycles. The third-order valence-electron chi connectivity index (χ3n) is 6.96. The molecule has 0 bridgehead atoms. The number of rotatable bonds is 24. The molecule has 0 saturated heterocycles. The molecule has 38 heavy (non-hydrogen) atoms. The van der Waals surface area contributed by atoms with Crippen molar-refractivity contribution in [3.8, 4) is 0 Å². The Morgan fingerprint density at radius 1 is 0.868 bits per heavy atom. The molecule has 2 N–H and O–H groups in total. The maximum atomic E-state index is 12.9. The molecule has 9 nitrogen and oxygen atoms in total. The van der Waals surface area contributed by atoms with Gasteiger partial charge < -0.3 is 24.1 Å². The Morgan fingerprint density at radius 2 is 1.42 bits per heavy atom. The van der Waals surface area contributed by atoms with Gasteiger partial charge in [-0.25, -0.2) is 15.0 Å². The van der Waals surface area contributed by atoms with E-state index < -0.39 is 7.60 Å². The van der Waals surface area contributed by atoms with Gasteiger partial charge in [-0.05, 0) is 13.3 Å². The average molecular weight is 554 g/mol. The molecule has 1 unspecified atom stereocenters. The van der Waals surface area contributed by atoms with Crippen LogP contribution in [0.15, 0.2) is 12.7 Å². The molecule has 2 atom stereocenters. The van der Waals surface area contributed by atoms with E-state index in [0.29, 0.717) is 30.1 Å². The number of nitrogen functional groups attached to an aromatic ring is 1. The Kier molecular flexibility index (Phi) is 16.8. The predicted molar refractivity (Wildman–Crippen MR) is 155 cm³/mol. The fourth-order valence-corrected chi connectivity index (χ4v) is 5.71. The van der Waals surface area contributed by atoms with Crippen LogP contribution in [-0.2, 0) is 24.9 Å².